The van der Waals surface area contributed by atoms with E-state index < -0.39 is 5.97 Å². The number of aliphatic carboxylic acids is 1. The molecule has 0 fully saturated rings. The second kappa shape index (κ2) is 21.5. The molecule has 1 amide bonds. The molecule has 27 heavy (non-hydrogen) atoms. The number of alkyl halides is 1. The number of carboxylic acid groups (broad SMARTS) is 1. The second-order valence-corrected chi connectivity index (χ2v) is 6.14. The van der Waals surface area contributed by atoms with Crippen LogP contribution in [0.2, 0.25) is 0 Å². The maximum Gasteiger partial charge on any atom is 0.303 e. The third kappa shape index (κ3) is 23.2. The second-order valence-electron chi connectivity index (χ2n) is 5.35. The minimum absolute atomic E-state index is 0.00401. The van der Waals surface area contributed by atoms with Gasteiger partial charge in [-0.15, -0.1) is 0 Å². The topological polar surface area (TPSA) is 113 Å². The zero-order valence-corrected chi connectivity index (χ0v) is 17.4. The van der Waals surface area contributed by atoms with Crippen molar-refractivity contribution in [3.8, 4) is 0 Å². The van der Waals surface area contributed by atoms with Gasteiger partial charge in [0.05, 0.1) is 65.9 Å². The number of nitrogens with one attached hydrogen (secondary N) is 1. The van der Waals surface area contributed by atoms with Crippen LogP contribution in [-0.4, -0.2) is 94.9 Å². The minimum atomic E-state index is -0.973. The Morgan fingerprint density at radius 3 is 1.59 bits per heavy atom. The van der Waals surface area contributed by atoms with Gasteiger partial charge in [0.15, 0.2) is 0 Å². The Labute approximate surface area is 169 Å². The van der Waals surface area contributed by atoms with E-state index in [2.05, 4.69) is 21.2 Å². The van der Waals surface area contributed by atoms with Crippen LogP contribution < -0.4 is 5.32 Å². The van der Waals surface area contributed by atoms with Crippen molar-refractivity contribution in [2.45, 2.75) is 19.3 Å². The lowest BCUT2D eigenvalue weighted by molar-refractivity contribution is -0.138. The summed E-state index contributed by atoms with van der Waals surface area (Å²) < 4.78 is 26.7. The molecule has 0 aromatic heterocycles. The molecule has 0 aliphatic rings. The molecule has 0 unspecified atom stereocenters. The van der Waals surface area contributed by atoms with E-state index in [4.69, 9.17) is 28.8 Å². The predicted molar refractivity (Wildman–Crippen MR) is 102 cm³/mol. The molecule has 0 aromatic carbocycles. The molecule has 0 saturated carbocycles. The molecule has 0 aliphatic heterocycles. The number of halogens is 1. The van der Waals surface area contributed by atoms with Gasteiger partial charge in [0.2, 0.25) is 5.91 Å². The first-order valence-electron chi connectivity index (χ1n) is 9.10. The summed E-state index contributed by atoms with van der Waals surface area (Å²) in [4.78, 5) is 21.6. The standard InChI is InChI=1S/C17H32BrNO8/c18-4-7-24-9-11-26-13-15-27-14-12-25-10-8-23-6-1-5-19-16(20)2-3-17(21)22/h1-15H2,(H,19,20)(H,21,22). The molecule has 0 radical (unpaired) electrons. The van der Waals surface area contributed by atoms with Gasteiger partial charge in [-0.1, -0.05) is 15.9 Å². The Morgan fingerprint density at radius 1 is 0.704 bits per heavy atom. The highest BCUT2D eigenvalue weighted by atomic mass is 79.9. The van der Waals surface area contributed by atoms with Gasteiger partial charge in [-0.25, -0.2) is 0 Å². The molecule has 160 valence electrons. The van der Waals surface area contributed by atoms with Crippen LogP contribution in [0, 0.1) is 0 Å². The lowest BCUT2D eigenvalue weighted by atomic mass is 10.3. The normalized spacial score (nSPS) is 10.9. The highest BCUT2D eigenvalue weighted by Gasteiger charge is 2.04. The smallest absolute Gasteiger partial charge is 0.303 e. The van der Waals surface area contributed by atoms with E-state index in [1.54, 1.807) is 0 Å². The largest absolute Gasteiger partial charge is 0.481 e. The Balaban J connectivity index is 3.09. The number of carbonyl (C=O) groups is 2. The summed E-state index contributed by atoms with van der Waals surface area (Å²) >= 11 is 3.28. The molecule has 0 bridgehead atoms. The third-order valence-electron chi connectivity index (χ3n) is 3.06. The summed E-state index contributed by atoms with van der Waals surface area (Å²) in [5.41, 5.74) is 0. The lowest BCUT2D eigenvalue weighted by Crippen LogP contribution is -2.25. The van der Waals surface area contributed by atoms with Gasteiger partial charge in [-0.3, -0.25) is 9.59 Å². The Kier molecular flexibility index (Phi) is 20.9. The minimum Gasteiger partial charge on any atom is -0.481 e. The fraction of sp³-hybridized carbons (Fsp3) is 0.882. The van der Waals surface area contributed by atoms with Crippen LogP contribution in [0.25, 0.3) is 0 Å². The number of carboxylic acids is 1. The van der Waals surface area contributed by atoms with Crippen LogP contribution in [0.1, 0.15) is 19.3 Å². The van der Waals surface area contributed by atoms with Crippen molar-refractivity contribution >= 4 is 27.8 Å². The van der Waals surface area contributed by atoms with E-state index in [0.717, 1.165) is 5.33 Å². The molecule has 0 saturated heterocycles. The van der Waals surface area contributed by atoms with E-state index in [1.807, 2.05) is 0 Å². The van der Waals surface area contributed by atoms with Gasteiger partial charge in [-0.2, -0.15) is 0 Å². The maximum absolute atomic E-state index is 11.3. The summed E-state index contributed by atoms with van der Waals surface area (Å²) in [6.07, 6.45) is 0.524. The van der Waals surface area contributed by atoms with Gasteiger partial charge >= 0.3 is 5.97 Å². The van der Waals surface area contributed by atoms with Crippen molar-refractivity contribution in [1.29, 1.82) is 0 Å². The van der Waals surface area contributed by atoms with Crippen LogP contribution in [0.15, 0.2) is 0 Å². The van der Waals surface area contributed by atoms with Crippen LogP contribution >= 0.6 is 15.9 Å². The van der Waals surface area contributed by atoms with Crippen LogP contribution in [0.5, 0.6) is 0 Å². The highest BCUT2D eigenvalue weighted by Crippen LogP contribution is 1.89. The average molecular weight is 458 g/mol. The SMILES string of the molecule is O=C(O)CCC(=O)NCCCOCCOCCOCCOCCOCCBr. The molecule has 0 rings (SSSR count). The summed E-state index contributed by atoms with van der Waals surface area (Å²) in [6, 6.07) is 0. The zero-order valence-electron chi connectivity index (χ0n) is 15.8. The zero-order chi connectivity index (χ0) is 20.0. The Bertz CT molecular complexity index is 360. The van der Waals surface area contributed by atoms with Gasteiger partial charge in [0.25, 0.3) is 0 Å². The molecule has 9 nitrogen and oxygen atoms in total. The van der Waals surface area contributed by atoms with E-state index in [0.29, 0.717) is 79.0 Å². The number of carbonyl (C=O) groups excluding carboxylic acids is 1. The molecular weight excluding hydrogens is 426 g/mol. The van der Waals surface area contributed by atoms with Crippen molar-refractivity contribution in [2.75, 3.05) is 77.9 Å². The lowest BCUT2D eigenvalue weighted by Gasteiger charge is -2.08. The van der Waals surface area contributed by atoms with Crippen molar-refractivity contribution in [1.82, 2.24) is 5.32 Å². The number of rotatable bonds is 21. The van der Waals surface area contributed by atoms with E-state index in [1.165, 1.54) is 0 Å². The maximum atomic E-state index is 11.3. The van der Waals surface area contributed by atoms with Crippen molar-refractivity contribution in [2.24, 2.45) is 0 Å². The molecule has 0 atom stereocenters. The van der Waals surface area contributed by atoms with Gasteiger partial charge in [0.1, 0.15) is 0 Å². The van der Waals surface area contributed by atoms with Gasteiger partial charge in [-0.05, 0) is 6.42 Å². The molecule has 2 N–H and O–H groups in total. The fourth-order valence-electron chi connectivity index (χ4n) is 1.75. The summed E-state index contributed by atoms with van der Waals surface area (Å²) in [5, 5.41) is 11.9. The van der Waals surface area contributed by atoms with Crippen LogP contribution in [0.4, 0.5) is 0 Å². The molecule has 0 heterocycles. The van der Waals surface area contributed by atoms with Gasteiger partial charge < -0.3 is 34.1 Å². The number of hydrogen-bond acceptors (Lipinski definition) is 7. The number of amides is 1. The Hall–Kier alpha value is -0.780. The Morgan fingerprint density at radius 2 is 1.15 bits per heavy atom. The third-order valence-corrected chi connectivity index (χ3v) is 3.39. The van der Waals surface area contributed by atoms with Gasteiger partial charge in [0, 0.05) is 24.9 Å². The number of ether oxygens (including phenoxy) is 5. The van der Waals surface area contributed by atoms with Crippen molar-refractivity contribution in [3.63, 3.8) is 0 Å². The number of hydrogen-bond donors (Lipinski definition) is 2. The summed E-state index contributed by atoms with van der Waals surface area (Å²) in [5.74, 6) is -1.23. The molecular formula is C17H32BrNO8. The van der Waals surface area contributed by atoms with E-state index in [-0.39, 0.29) is 18.7 Å². The van der Waals surface area contributed by atoms with E-state index in [9.17, 15) is 9.59 Å². The van der Waals surface area contributed by atoms with Crippen LogP contribution in [-0.2, 0) is 33.3 Å². The summed E-state index contributed by atoms with van der Waals surface area (Å²) in [7, 11) is 0. The average Bonchev–Trinajstić information content (AvgIpc) is 2.65. The van der Waals surface area contributed by atoms with Crippen molar-refractivity contribution in [3.05, 3.63) is 0 Å². The first kappa shape index (κ1) is 26.2. The first-order valence-corrected chi connectivity index (χ1v) is 10.2. The van der Waals surface area contributed by atoms with E-state index >= 15 is 0 Å². The summed E-state index contributed by atoms with van der Waals surface area (Å²) in [6.45, 7) is 5.84. The molecule has 10 heteroatoms. The monoisotopic (exact) mass is 457 g/mol. The van der Waals surface area contributed by atoms with Crippen molar-refractivity contribution < 1.29 is 38.4 Å². The predicted octanol–water partition coefficient (Wildman–Crippen LogP) is 0.835. The highest BCUT2D eigenvalue weighted by molar-refractivity contribution is 9.09. The molecule has 0 aromatic rings. The fourth-order valence-corrected chi connectivity index (χ4v) is 1.98. The molecule has 0 aliphatic carbocycles. The van der Waals surface area contributed by atoms with Crippen LogP contribution in [0.3, 0.4) is 0 Å². The molecule has 0 spiro atoms. The quantitative estimate of drug-likeness (QED) is 0.192. The first-order chi connectivity index (χ1) is 13.2.